The van der Waals surface area contributed by atoms with Crippen LogP contribution in [0.1, 0.15) is 33.6 Å². The van der Waals surface area contributed by atoms with Gasteiger partial charge in [-0.15, -0.1) is 11.8 Å². The van der Waals surface area contributed by atoms with E-state index in [0.717, 1.165) is 17.2 Å². The van der Waals surface area contributed by atoms with E-state index in [-0.39, 0.29) is 11.5 Å². The second kappa shape index (κ2) is 4.82. The standard InChI is InChI=1S/C10H17NO2S/c1-4-13-9(12)7-8-11-10(2,3)5-6-14-8/h4-7H2,1-3H3. The van der Waals surface area contributed by atoms with Gasteiger partial charge >= 0.3 is 5.97 Å². The fourth-order valence-corrected chi connectivity index (χ4v) is 2.64. The molecule has 0 spiro atoms. The predicted octanol–water partition coefficient (Wildman–Crippen LogP) is 2.25. The summed E-state index contributed by atoms with van der Waals surface area (Å²) < 4.78 is 4.88. The third-order valence-electron chi connectivity index (χ3n) is 2.01. The molecule has 3 nitrogen and oxygen atoms in total. The maximum Gasteiger partial charge on any atom is 0.312 e. The highest BCUT2D eigenvalue weighted by Crippen LogP contribution is 2.27. The van der Waals surface area contributed by atoms with Gasteiger partial charge in [-0.05, 0) is 27.2 Å². The molecule has 0 saturated heterocycles. The van der Waals surface area contributed by atoms with Crippen LogP contribution in [0.2, 0.25) is 0 Å². The van der Waals surface area contributed by atoms with E-state index in [0.29, 0.717) is 13.0 Å². The van der Waals surface area contributed by atoms with Crippen molar-refractivity contribution in [1.82, 2.24) is 0 Å². The number of esters is 1. The molecule has 0 fully saturated rings. The topological polar surface area (TPSA) is 38.7 Å². The normalized spacial score (nSPS) is 20.1. The molecule has 0 aliphatic carbocycles. The zero-order valence-electron chi connectivity index (χ0n) is 9.00. The van der Waals surface area contributed by atoms with Crippen LogP contribution in [0.25, 0.3) is 0 Å². The van der Waals surface area contributed by atoms with E-state index in [1.165, 1.54) is 0 Å². The summed E-state index contributed by atoms with van der Waals surface area (Å²) in [5.41, 5.74) is -0.00687. The predicted molar refractivity (Wildman–Crippen MR) is 59.8 cm³/mol. The molecule has 0 aromatic carbocycles. The summed E-state index contributed by atoms with van der Waals surface area (Å²) in [4.78, 5) is 15.7. The van der Waals surface area contributed by atoms with Gasteiger partial charge in [0.25, 0.3) is 0 Å². The van der Waals surface area contributed by atoms with Gasteiger partial charge in [-0.25, -0.2) is 0 Å². The fourth-order valence-electron chi connectivity index (χ4n) is 1.27. The molecular weight excluding hydrogens is 198 g/mol. The average molecular weight is 215 g/mol. The summed E-state index contributed by atoms with van der Waals surface area (Å²) in [5, 5.41) is 0.916. The molecule has 1 aliphatic heterocycles. The lowest BCUT2D eigenvalue weighted by Gasteiger charge is -2.25. The Morgan fingerprint density at radius 3 is 2.93 bits per heavy atom. The van der Waals surface area contributed by atoms with E-state index < -0.39 is 0 Å². The Kier molecular flexibility index (Phi) is 3.98. The van der Waals surface area contributed by atoms with Crippen LogP contribution in [0.5, 0.6) is 0 Å². The molecule has 4 heteroatoms. The Labute approximate surface area is 89.3 Å². The highest BCUT2D eigenvalue weighted by molar-refractivity contribution is 8.14. The lowest BCUT2D eigenvalue weighted by molar-refractivity contribution is -0.141. The molecule has 0 unspecified atom stereocenters. The van der Waals surface area contributed by atoms with Crippen molar-refractivity contribution >= 4 is 22.8 Å². The first-order chi connectivity index (χ1) is 6.53. The van der Waals surface area contributed by atoms with Crippen LogP contribution in [0.15, 0.2) is 4.99 Å². The van der Waals surface area contributed by atoms with Crippen molar-refractivity contribution in [3.8, 4) is 0 Å². The van der Waals surface area contributed by atoms with Crippen molar-refractivity contribution in [2.45, 2.75) is 39.2 Å². The zero-order valence-corrected chi connectivity index (χ0v) is 9.82. The number of carbonyl (C=O) groups is 1. The SMILES string of the molecule is CCOC(=O)CC1=NC(C)(C)CCS1. The molecule has 14 heavy (non-hydrogen) atoms. The lowest BCUT2D eigenvalue weighted by atomic mass is 10.0. The van der Waals surface area contributed by atoms with Crippen LogP contribution in [-0.2, 0) is 9.53 Å². The third kappa shape index (κ3) is 3.70. The van der Waals surface area contributed by atoms with Gasteiger partial charge in [0.1, 0.15) is 0 Å². The molecule has 0 saturated carbocycles. The van der Waals surface area contributed by atoms with E-state index >= 15 is 0 Å². The van der Waals surface area contributed by atoms with Gasteiger partial charge in [-0.1, -0.05) is 0 Å². The monoisotopic (exact) mass is 215 g/mol. The quantitative estimate of drug-likeness (QED) is 0.678. The maximum absolute atomic E-state index is 11.2. The van der Waals surface area contributed by atoms with Crippen LogP contribution in [0.4, 0.5) is 0 Å². The fraction of sp³-hybridized carbons (Fsp3) is 0.800. The average Bonchev–Trinajstić information content (AvgIpc) is 2.02. The summed E-state index contributed by atoms with van der Waals surface area (Å²) in [6, 6.07) is 0. The molecular formula is C10H17NO2S. The van der Waals surface area contributed by atoms with Crippen LogP contribution in [-0.4, -0.2) is 28.9 Å². The molecule has 0 amide bonds. The molecule has 0 atom stereocenters. The van der Waals surface area contributed by atoms with E-state index in [9.17, 15) is 4.79 Å². The number of rotatable bonds is 3. The number of thioether (sulfide) groups is 1. The van der Waals surface area contributed by atoms with Gasteiger partial charge in [0.2, 0.25) is 0 Å². The molecule has 80 valence electrons. The van der Waals surface area contributed by atoms with Gasteiger partial charge < -0.3 is 4.74 Å². The molecule has 0 aromatic rings. The highest BCUT2D eigenvalue weighted by Gasteiger charge is 2.23. The van der Waals surface area contributed by atoms with Crippen molar-refractivity contribution in [2.75, 3.05) is 12.4 Å². The minimum Gasteiger partial charge on any atom is -0.466 e. The molecule has 1 heterocycles. The zero-order chi connectivity index (χ0) is 10.6. The van der Waals surface area contributed by atoms with Crippen molar-refractivity contribution in [2.24, 2.45) is 4.99 Å². The summed E-state index contributed by atoms with van der Waals surface area (Å²) in [6.45, 7) is 6.45. The summed E-state index contributed by atoms with van der Waals surface area (Å²) >= 11 is 1.67. The first-order valence-electron chi connectivity index (χ1n) is 4.90. The molecule has 0 N–H and O–H groups in total. The van der Waals surface area contributed by atoms with E-state index in [1.807, 2.05) is 6.92 Å². The number of ether oxygens (including phenoxy) is 1. The largest absolute Gasteiger partial charge is 0.466 e. The van der Waals surface area contributed by atoms with Gasteiger partial charge in [0.05, 0.1) is 23.6 Å². The Morgan fingerprint density at radius 2 is 2.36 bits per heavy atom. The molecule has 0 radical (unpaired) electrons. The summed E-state index contributed by atoms with van der Waals surface area (Å²) in [6.07, 6.45) is 1.41. The third-order valence-corrected chi connectivity index (χ3v) is 2.99. The minimum atomic E-state index is -0.170. The number of hydrogen-bond acceptors (Lipinski definition) is 4. The first kappa shape index (κ1) is 11.6. The lowest BCUT2D eigenvalue weighted by Crippen LogP contribution is -2.25. The summed E-state index contributed by atoms with van der Waals surface area (Å²) in [7, 11) is 0. The Balaban J connectivity index is 2.52. The molecule has 0 aromatic heterocycles. The number of aliphatic imine (C=N–C) groups is 1. The molecule has 1 rings (SSSR count). The Bertz CT molecular complexity index is 249. The van der Waals surface area contributed by atoms with Crippen LogP contribution < -0.4 is 0 Å². The summed E-state index contributed by atoms with van der Waals surface area (Å²) in [5.74, 6) is 0.877. The Hall–Kier alpha value is -0.510. The number of hydrogen-bond donors (Lipinski definition) is 0. The van der Waals surface area contributed by atoms with Crippen molar-refractivity contribution < 1.29 is 9.53 Å². The van der Waals surface area contributed by atoms with Crippen molar-refractivity contribution in [3.05, 3.63) is 0 Å². The number of carbonyl (C=O) groups excluding carboxylic acids is 1. The van der Waals surface area contributed by atoms with Gasteiger partial charge in [0, 0.05) is 5.75 Å². The minimum absolute atomic E-state index is 0.00687. The van der Waals surface area contributed by atoms with Gasteiger partial charge in [-0.2, -0.15) is 0 Å². The van der Waals surface area contributed by atoms with E-state index in [1.54, 1.807) is 11.8 Å². The van der Waals surface area contributed by atoms with Gasteiger partial charge in [-0.3, -0.25) is 9.79 Å². The van der Waals surface area contributed by atoms with Crippen molar-refractivity contribution in [3.63, 3.8) is 0 Å². The second-order valence-corrected chi connectivity index (χ2v) is 5.07. The number of nitrogens with zero attached hydrogens (tertiary/aromatic N) is 1. The Morgan fingerprint density at radius 1 is 1.64 bits per heavy atom. The smallest absolute Gasteiger partial charge is 0.312 e. The van der Waals surface area contributed by atoms with E-state index in [4.69, 9.17) is 4.74 Å². The molecule has 0 bridgehead atoms. The van der Waals surface area contributed by atoms with Crippen LogP contribution >= 0.6 is 11.8 Å². The highest BCUT2D eigenvalue weighted by atomic mass is 32.2. The van der Waals surface area contributed by atoms with Crippen LogP contribution in [0, 0.1) is 0 Å². The van der Waals surface area contributed by atoms with Crippen LogP contribution in [0.3, 0.4) is 0 Å². The maximum atomic E-state index is 11.2. The van der Waals surface area contributed by atoms with Gasteiger partial charge in [0.15, 0.2) is 0 Å². The first-order valence-corrected chi connectivity index (χ1v) is 5.89. The molecule has 1 aliphatic rings. The van der Waals surface area contributed by atoms with Crippen molar-refractivity contribution in [1.29, 1.82) is 0 Å². The second-order valence-electron chi connectivity index (χ2n) is 3.90. The van der Waals surface area contributed by atoms with E-state index in [2.05, 4.69) is 18.8 Å².